The molecule has 0 saturated carbocycles. The summed E-state index contributed by atoms with van der Waals surface area (Å²) in [5.41, 5.74) is 0. The maximum Gasteiger partial charge on any atom is 0.469 e. The van der Waals surface area contributed by atoms with Crippen LogP contribution in [0.2, 0.25) is 0 Å². The highest BCUT2D eigenvalue weighted by Crippen LogP contribution is 2.36. The lowest BCUT2D eigenvalue weighted by Crippen LogP contribution is -2.29. The maximum atomic E-state index is 12.4. The number of rotatable bonds is 30. The number of carbonyl (C=O) groups is 3. The van der Waals surface area contributed by atoms with Crippen molar-refractivity contribution in [3.05, 3.63) is 36.5 Å². The van der Waals surface area contributed by atoms with Crippen LogP contribution in [-0.2, 0) is 32.9 Å². The zero-order chi connectivity index (χ0) is 36.3. The van der Waals surface area contributed by atoms with Gasteiger partial charge in [-0.2, -0.15) is 0 Å². The predicted octanol–water partition coefficient (Wildman–Crippen LogP) is 8.48. The van der Waals surface area contributed by atoms with E-state index >= 15 is 0 Å². The number of hydrogen-bond acceptors (Lipinski definition) is 8. The summed E-state index contributed by atoms with van der Waals surface area (Å²) in [4.78, 5) is 55.1. The van der Waals surface area contributed by atoms with Crippen LogP contribution in [0.25, 0.3) is 0 Å². The average molecular weight is 713 g/mol. The van der Waals surface area contributed by atoms with Gasteiger partial charge in [-0.25, -0.2) is 4.57 Å². The Labute approximate surface area is 295 Å². The number of phosphoric ester groups is 1. The van der Waals surface area contributed by atoms with E-state index in [-0.39, 0.29) is 37.1 Å². The van der Waals surface area contributed by atoms with Crippen LogP contribution in [0.15, 0.2) is 36.5 Å². The van der Waals surface area contributed by atoms with Crippen LogP contribution in [0.1, 0.15) is 143 Å². The quantitative estimate of drug-likeness (QED) is 0.0286. The molecular formula is C38H65O10P. The Bertz CT molecular complexity index is 1050. The lowest BCUT2D eigenvalue weighted by atomic mass is 9.90. The Morgan fingerprint density at radius 3 is 2.14 bits per heavy atom. The fraction of sp³-hybridized carbons (Fsp3) is 0.763. The van der Waals surface area contributed by atoms with Crippen LogP contribution in [-0.4, -0.2) is 58.0 Å². The molecule has 0 saturated heterocycles. The number of ether oxygens (including phenoxy) is 2. The number of phosphoric acid groups is 1. The van der Waals surface area contributed by atoms with Crippen LogP contribution in [0.3, 0.4) is 0 Å². The van der Waals surface area contributed by atoms with Gasteiger partial charge in [-0.1, -0.05) is 128 Å². The number of carbonyl (C=O) groups excluding carboxylic acids is 3. The smallest absolute Gasteiger partial charge is 0.462 e. The maximum absolute atomic E-state index is 12.4. The zero-order valence-corrected chi connectivity index (χ0v) is 31.2. The van der Waals surface area contributed by atoms with Crippen molar-refractivity contribution in [1.29, 1.82) is 0 Å². The van der Waals surface area contributed by atoms with E-state index in [2.05, 4.69) is 25.3 Å². The average Bonchev–Trinajstić information content (AvgIpc) is 3.39. The molecule has 11 heteroatoms. The summed E-state index contributed by atoms with van der Waals surface area (Å²) in [6.45, 7) is 5.68. The van der Waals surface area contributed by atoms with Gasteiger partial charge in [0, 0.05) is 18.8 Å². The van der Waals surface area contributed by atoms with Crippen molar-refractivity contribution in [2.24, 2.45) is 17.8 Å². The monoisotopic (exact) mass is 712 g/mol. The van der Waals surface area contributed by atoms with Crippen molar-refractivity contribution in [2.45, 2.75) is 155 Å². The molecule has 0 aromatic heterocycles. The highest BCUT2D eigenvalue weighted by molar-refractivity contribution is 7.46. The predicted molar refractivity (Wildman–Crippen MR) is 192 cm³/mol. The van der Waals surface area contributed by atoms with Gasteiger partial charge in [0.15, 0.2) is 11.9 Å². The SMILES string of the molecule is CCCCC[C@H](O)/C=C/[C@H]1C(=O)C=C[C@@H]1C/C=C\CCCC(=O)OC[C@H](COP(=O)(O)O)OC(=O)CCCCCCCCCCCC(C)C. The summed E-state index contributed by atoms with van der Waals surface area (Å²) in [7, 11) is -4.80. The second-order valence-electron chi connectivity index (χ2n) is 13.7. The minimum atomic E-state index is -4.80. The van der Waals surface area contributed by atoms with Gasteiger partial charge in [-0.3, -0.25) is 18.9 Å². The van der Waals surface area contributed by atoms with Gasteiger partial charge in [0.2, 0.25) is 0 Å². The van der Waals surface area contributed by atoms with Gasteiger partial charge in [-0.15, -0.1) is 0 Å². The van der Waals surface area contributed by atoms with Crippen LogP contribution in [0.4, 0.5) is 0 Å². The fourth-order valence-electron chi connectivity index (χ4n) is 5.66. The highest BCUT2D eigenvalue weighted by Gasteiger charge is 2.27. The normalized spacial score (nSPS) is 17.8. The molecule has 1 aliphatic carbocycles. The van der Waals surface area contributed by atoms with E-state index in [0.29, 0.717) is 32.1 Å². The molecule has 0 radical (unpaired) electrons. The second kappa shape index (κ2) is 27.6. The highest BCUT2D eigenvalue weighted by atomic mass is 31.2. The lowest BCUT2D eigenvalue weighted by Gasteiger charge is -2.18. The van der Waals surface area contributed by atoms with Crippen molar-refractivity contribution in [3.63, 3.8) is 0 Å². The topological polar surface area (TPSA) is 157 Å². The molecule has 3 N–H and O–H groups in total. The summed E-state index contributed by atoms with van der Waals surface area (Å²) >= 11 is 0. The van der Waals surface area contributed by atoms with Crippen LogP contribution in [0, 0.1) is 17.8 Å². The Hall–Kier alpha value is -2.10. The fourth-order valence-corrected chi connectivity index (χ4v) is 6.03. The minimum absolute atomic E-state index is 0.0296. The Balaban J connectivity index is 2.31. The molecule has 0 aromatic carbocycles. The molecule has 0 bridgehead atoms. The number of unbranched alkanes of at least 4 members (excludes halogenated alkanes) is 11. The molecule has 1 rings (SSSR count). The first-order chi connectivity index (χ1) is 23.4. The molecule has 0 unspecified atom stereocenters. The number of hydrogen-bond donors (Lipinski definition) is 3. The first-order valence-electron chi connectivity index (χ1n) is 18.7. The van der Waals surface area contributed by atoms with E-state index in [4.69, 9.17) is 19.3 Å². The Kier molecular flexibility index (Phi) is 25.3. The van der Waals surface area contributed by atoms with E-state index < -0.39 is 38.6 Å². The van der Waals surface area contributed by atoms with Gasteiger partial charge < -0.3 is 24.4 Å². The standard InChI is InChI=1S/C38H65O10P/c1-4-5-15-22-33(39)26-27-35-32(25-28-36(35)40)21-17-13-14-18-23-37(41)46-29-34(30-47-49(43,44)45)48-38(42)24-19-12-10-8-6-7-9-11-16-20-31(2)3/h13,17,25-28,31-35,39H,4-12,14-16,18-24,29-30H2,1-3H3,(H2,43,44,45)/b17-13-,27-26+/t32-,33-,34+,35+/m0/s1. The second-order valence-corrected chi connectivity index (χ2v) is 14.9. The van der Waals surface area contributed by atoms with Crippen LogP contribution < -0.4 is 0 Å². The van der Waals surface area contributed by atoms with Gasteiger partial charge >= 0.3 is 19.8 Å². The van der Waals surface area contributed by atoms with E-state index in [1.165, 1.54) is 38.5 Å². The molecule has 49 heavy (non-hydrogen) atoms. The third-order valence-electron chi connectivity index (χ3n) is 8.59. The molecule has 0 fully saturated rings. The van der Waals surface area contributed by atoms with Crippen molar-refractivity contribution in [3.8, 4) is 0 Å². The van der Waals surface area contributed by atoms with Gasteiger partial charge in [0.25, 0.3) is 0 Å². The van der Waals surface area contributed by atoms with E-state index in [0.717, 1.165) is 44.4 Å². The molecule has 0 aromatic rings. The van der Waals surface area contributed by atoms with Crippen molar-refractivity contribution >= 4 is 25.5 Å². The molecule has 282 valence electrons. The van der Waals surface area contributed by atoms with E-state index in [1.54, 1.807) is 12.2 Å². The summed E-state index contributed by atoms with van der Waals surface area (Å²) in [5, 5.41) is 10.2. The van der Waals surface area contributed by atoms with Crippen molar-refractivity contribution in [2.75, 3.05) is 13.2 Å². The molecule has 0 spiro atoms. The minimum Gasteiger partial charge on any atom is -0.462 e. The van der Waals surface area contributed by atoms with Crippen molar-refractivity contribution in [1.82, 2.24) is 0 Å². The van der Waals surface area contributed by atoms with E-state index in [1.807, 2.05) is 24.3 Å². The van der Waals surface area contributed by atoms with Crippen molar-refractivity contribution < 1.29 is 47.8 Å². The third-order valence-corrected chi connectivity index (χ3v) is 9.07. The van der Waals surface area contributed by atoms with Gasteiger partial charge in [-0.05, 0) is 50.0 Å². The van der Waals surface area contributed by atoms with Crippen LogP contribution >= 0.6 is 7.82 Å². The van der Waals surface area contributed by atoms with Gasteiger partial charge in [0.1, 0.15) is 6.61 Å². The third kappa shape index (κ3) is 25.5. The lowest BCUT2D eigenvalue weighted by molar-refractivity contribution is -0.161. The molecule has 1 aliphatic rings. The zero-order valence-electron chi connectivity index (χ0n) is 30.3. The molecule has 4 atom stereocenters. The Morgan fingerprint density at radius 2 is 1.49 bits per heavy atom. The number of esters is 2. The summed E-state index contributed by atoms with van der Waals surface area (Å²) < 4.78 is 26.3. The molecular weight excluding hydrogens is 647 g/mol. The first-order valence-corrected chi connectivity index (χ1v) is 20.2. The number of ketones is 1. The molecule has 0 aliphatic heterocycles. The first kappa shape index (κ1) is 44.9. The van der Waals surface area contributed by atoms with Gasteiger partial charge in [0.05, 0.1) is 12.7 Å². The molecule has 10 nitrogen and oxygen atoms in total. The van der Waals surface area contributed by atoms with E-state index in [9.17, 15) is 24.1 Å². The number of allylic oxidation sites excluding steroid dienone is 5. The Morgan fingerprint density at radius 1 is 0.857 bits per heavy atom. The largest absolute Gasteiger partial charge is 0.469 e. The number of aliphatic hydroxyl groups excluding tert-OH is 1. The molecule has 0 amide bonds. The number of aliphatic hydroxyl groups is 1. The molecule has 0 heterocycles. The summed E-state index contributed by atoms with van der Waals surface area (Å²) in [5.74, 6) is -0.478. The van der Waals surface area contributed by atoms with Crippen LogP contribution in [0.5, 0.6) is 0 Å². The summed E-state index contributed by atoms with van der Waals surface area (Å²) in [6.07, 6.45) is 26.5. The summed E-state index contributed by atoms with van der Waals surface area (Å²) in [6, 6.07) is 0.